The van der Waals surface area contributed by atoms with Gasteiger partial charge in [-0.05, 0) is 37.3 Å². The number of halogens is 3. The van der Waals surface area contributed by atoms with E-state index >= 15 is 0 Å². The molecule has 1 aliphatic rings. The van der Waals surface area contributed by atoms with Crippen LogP contribution in [0.1, 0.15) is 11.3 Å². The molecular weight excluding hydrogens is 473 g/mol. The van der Waals surface area contributed by atoms with E-state index in [4.69, 9.17) is 0 Å². The Balaban J connectivity index is 1.68. The van der Waals surface area contributed by atoms with Gasteiger partial charge in [-0.25, -0.2) is 4.98 Å². The number of fused-ring (bicyclic) bond motifs is 5. The van der Waals surface area contributed by atoms with E-state index in [2.05, 4.69) is 30.4 Å². The van der Waals surface area contributed by atoms with Crippen LogP contribution in [-0.2, 0) is 6.18 Å². The predicted molar refractivity (Wildman–Crippen MR) is 131 cm³/mol. The molecule has 0 unspecified atom stereocenters. The van der Waals surface area contributed by atoms with Crippen molar-refractivity contribution in [1.82, 2.24) is 25.5 Å². The average molecular weight is 494 g/mol. The van der Waals surface area contributed by atoms with E-state index in [1.165, 1.54) is 6.07 Å². The molecule has 184 valence electrons. The number of rotatable bonds is 2. The first kappa shape index (κ1) is 22.4. The first-order valence-electron chi connectivity index (χ1n) is 11.4. The molecule has 5 aromatic rings. The number of hydrogen-bond acceptors (Lipinski definition) is 6. The van der Waals surface area contributed by atoms with Gasteiger partial charge >= 0.3 is 6.18 Å². The highest BCUT2D eigenvalue weighted by atomic mass is 19.4. The molecule has 0 radical (unpaired) electrons. The number of nitrogens with zero attached hydrogens (tertiary/aromatic N) is 3. The van der Waals surface area contributed by atoms with E-state index in [-0.39, 0.29) is 22.3 Å². The second-order valence-electron chi connectivity index (χ2n) is 8.91. The highest BCUT2D eigenvalue weighted by Gasteiger charge is 2.34. The van der Waals surface area contributed by atoms with Crippen molar-refractivity contribution >= 4 is 38.4 Å². The van der Waals surface area contributed by atoms with Crippen LogP contribution in [0.25, 0.3) is 44.0 Å². The Bertz CT molecular complexity index is 1720. The topological polar surface area (TPSA) is 110 Å². The third-order valence-corrected chi connectivity index (χ3v) is 6.69. The fourth-order valence-corrected chi connectivity index (χ4v) is 4.97. The standard InChI is InChI=1S/C25H21F3N6O2/c1-12-19-20-15-4-3-14(34-8-6-29-7-9-34)11-17(15)30-24(36)21(20)22(31-23(19)33-32-12)13-2-5-18(35)16(10-13)25(26,27)28/h2-5,10-11,29,35H,6-9H2,1H3,(H,30,36)(H,31,32,33). The number of aromatic hydroxyl groups is 1. The van der Waals surface area contributed by atoms with Gasteiger partial charge in [-0.15, -0.1) is 0 Å². The van der Waals surface area contributed by atoms with Crippen LogP contribution in [-0.4, -0.2) is 51.5 Å². The molecule has 1 saturated heterocycles. The molecule has 0 amide bonds. The number of H-pyrrole nitrogens is 2. The van der Waals surface area contributed by atoms with Crippen molar-refractivity contribution in [1.29, 1.82) is 0 Å². The molecule has 8 nitrogen and oxygen atoms in total. The van der Waals surface area contributed by atoms with Crippen LogP contribution < -0.4 is 15.8 Å². The van der Waals surface area contributed by atoms with Crippen LogP contribution in [0.4, 0.5) is 18.9 Å². The van der Waals surface area contributed by atoms with Crippen molar-refractivity contribution in [2.75, 3.05) is 31.1 Å². The van der Waals surface area contributed by atoms with Gasteiger partial charge in [-0.3, -0.25) is 9.89 Å². The van der Waals surface area contributed by atoms with Crippen molar-refractivity contribution in [3.63, 3.8) is 0 Å². The van der Waals surface area contributed by atoms with Crippen LogP contribution in [0, 0.1) is 6.92 Å². The quantitative estimate of drug-likeness (QED) is 0.276. The van der Waals surface area contributed by atoms with Gasteiger partial charge in [0.15, 0.2) is 5.65 Å². The van der Waals surface area contributed by atoms with Crippen LogP contribution in [0.5, 0.6) is 5.75 Å². The summed E-state index contributed by atoms with van der Waals surface area (Å²) in [5.41, 5.74) is 1.00. The molecule has 6 rings (SSSR count). The zero-order valence-corrected chi connectivity index (χ0v) is 19.1. The maximum absolute atomic E-state index is 13.5. The summed E-state index contributed by atoms with van der Waals surface area (Å²) in [7, 11) is 0. The van der Waals surface area contributed by atoms with Crippen LogP contribution in [0.15, 0.2) is 41.2 Å². The molecule has 36 heavy (non-hydrogen) atoms. The molecule has 0 spiro atoms. The van der Waals surface area contributed by atoms with E-state index in [1.54, 1.807) is 6.92 Å². The summed E-state index contributed by atoms with van der Waals surface area (Å²) in [6.45, 7) is 5.21. The van der Waals surface area contributed by atoms with Gasteiger partial charge in [0, 0.05) is 53.9 Å². The second kappa shape index (κ2) is 7.95. The fourth-order valence-electron chi connectivity index (χ4n) is 4.97. The minimum atomic E-state index is -4.78. The number of nitrogens with one attached hydrogen (secondary N) is 3. The Labute approximate surface area is 201 Å². The molecule has 1 aliphatic heterocycles. The molecule has 3 aromatic heterocycles. The number of phenols is 1. The van der Waals surface area contributed by atoms with Gasteiger partial charge < -0.3 is 20.3 Å². The summed E-state index contributed by atoms with van der Waals surface area (Å²) in [6.07, 6.45) is -4.78. The fraction of sp³-hybridized carbons (Fsp3) is 0.240. The Kier molecular flexibility index (Phi) is 4.94. The number of aryl methyl sites for hydroxylation is 1. The molecule has 4 heterocycles. The molecule has 0 aliphatic carbocycles. The lowest BCUT2D eigenvalue weighted by Crippen LogP contribution is -2.43. The molecule has 0 bridgehead atoms. The monoisotopic (exact) mass is 494 g/mol. The number of aromatic amines is 2. The maximum atomic E-state index is 13.5. The van der Waals surface area contributed by atoms with E-state index in [0.717, 1.165) is 49.4 Å². The van der Waals surface area contributed by atoms with Crippen molar-refractivity contribution in [3.8, 4) is 17.0 Å². The van der Waals surface area contributed by atoms with Crippen LogP contribution >= 0.6 is 0 Å². The molecule has 4 N–H and O–H groups in total. The summed E-state index contributed by atoms with van der Waals surface area (Å²) >= 11 is 0. The first-order valence-corrected chi connectivity index (χ1v) is 11.4. The highest BCUT2D eigenvalue weighted by Crippen LogP contribution is 2.40. The summed E-state index contributed by atoms with van der Waals surface area (Å²) in [5, 5.41) is 22.3. The Morgan fingerprint density at radius 3 is 2.56 bits per heavy atom. The van der Waals surface area contributed by atoms with Gasteiger partial charge in [0.1, 0.15) is 5.75 Å². The Morgan fingerprint density at radius 1 is 1.03 bits per heavy atom. The molecule has 2 aromatic carbocycles. The van der Waals surface area contributed by atoms with Gasteiger partial charge in [-0.1, -0.05) is 6.07 Å². The Morgan fingerprint density at radius 2 is 1.81 bits per heavy atom. The minimum Gasteiger partial charge on any atom is -0.507 e. The maximum Gasteiger partial charge on any atom is 0.419 e. The van der Waals surface area contributed by atoms with Crippen LogP contribution in [0.2, 0.25) is 0 Å². The zero-order chi connectivity index (χ0) is 25.2. The highest BCUT2D eigenvalue weighted by molar-refractivity contribution is 6.21. The smallest absolute Gasteiger partial charge is 0.419 e. The van der Waals surface area contributed by atoms with Crippen molar-refractivity contribution in [2.45, 2.75) is 13.1 Å². The summed E-state index contributed by atoms with van der Waals surface area (Å²) in [6, 6.07) is 8.90. The number of benzene rings is 2. The normalized spacial score (nSPS) is 14.8. The Hall–Kier alpha value is -4.12. The lowest BCUT2D eigenvalue weighted by Gasteiger charge is -2.29. The van der Waals surface area contributed by atoms with E-state index in [1.807, 2.05) is 18.2 Å². The number of phenolic OH excluding ortho intramolecular Hbond substituents is 1. The minimum absolute atomic E-state index is 0.0509. The van der Waals surface area contributed by atoms with Crippen molar-refractivity contribution < 1.29 is 18.3 Å². The van der Waals surface area contributed by atoms with Gasteiger partial charge in [0.05, 0.1) is 27.5 Å². The van der Waals surface area contributed by atoms with E-state index in [9.17, 15) is 23.1 Å². The predicted octanol–water partition coefficient (Wildman–Crippen LogP) is 4.06. The molecular formula is C25H21F3N6O2. The lowest BCUT2D eigenvalue weighted by molar-refractivity contribution is -0.138. The summed E-state index contributed by atoms with van der Waals surface area (Å²) in [4.78, 5) is 23.1. The largest absolute Gasteiger partial charge is 0.507 e. The van der Waals surface area contributed by atoms with E-state index < -0.39 is 23.0 Å². The summed E-state index contributed by atoms with van der Waals surface area (Å²) < 4.78 is 40.6. The van der Waals surface area contributed by atoms with Crippen molar-refractivity contribution in [2.24, 2.45) is 0 Å². The number of anilines is 1. The molecule has 1 fully saturated rings. The molecule has 0 atom stereocenters. The third-order valence-electron chi connectivity index (χ3n) is 6.69. The van der Waals surface area contributed by atoms with Crippen LogP contribution in [0.3, 0.4) is 0 Å². The number of pyridine rings is 2. The average Bonchev–Trinajstić information content (AvgIpc) is 3.23. The lowest BCUT2D eigenvalue weighted by atomic mass is 9.97. The van der Waals surface area contributed by atoms with Gasteiger partial charge in [0.2, 0.25) is 0 Å². The first-order chi connectivity index (χ1) is 17.2. The van der Waals surface area contributed by atoms with Gasteiger partial charge in [-0.2, -0.15) is 18.3 Å². The van der Waals surface area contributed by atoms with Gasteiger partial charge in [0.25, 0.3) is 5.56 Å². The number of alkyl halides is 3. The number of aromatic nitrogens is 4. The third kappa shape index (κ3) is 3.46. The second-order valence-corrected chi connectivity index (χ2v) is 8.91. The van der Waals surface area contributed by atoms with E-state index in [0.29, 0.717) is 22.0 Å². The SMILES string of the molecule is Cc1[nH]nc2nc(-c3ccc(O)c(C(F)(F)F)c3)c3c(=O)[nH]c4cc(N5CCNCC5)ccc4c3c12. The number of piperazine rings is 1. The number of hydrogen-bond donors (Lipinski definition) is 4. The summed E-state index contributed by atoms with van der Waals surface area (Å²) in [5.74, 6) is -0.896. The molecule has 11 heteroatoms. The zero-order valence-electron chi connectivity index (χ0n) is 19.1. The molecule has 0 saturated carbocycles. The van der Waals surface area contributed by atoms with Crippen molar-refractivity contribution in [3.05, 3.63) is 58.0 Å².